The monoisotopic (exact) mass is 306 g/mol. The fourth-order valence-electron chi connectivity index (χ4n) is 1.96. The summed E-state index contributed by atoms with van der Waals surface area (Å²) in [5.74, 6) is -0.404. The van der Waals surface area contributed by atoms with Gasteiger partial charge in [0.25, 0.3) is 0 Å². The first-order valence-corrected chi connectivity index (χ1v) is 6.19. The number of carbonyl (C=O) groups excluding carboxylic acids is 1. The molecule has 1 radical (unpaired) electrons. The summed E-state index contributed by atoms with van der Waals surface area (Å²) in [4.78, 5) is 11.1. The average molecular weight is 306 g/mol. The first-order chi connectivity index (χ1) is 9.10. The van der Waals surface area contributed by atoms with Crippen LogP contribution in [0.15, 0.2) is 42.5 Å². The van der Waals surface area contributed by atoms with Crippen molar-refractivity contribution in [2.24, 2.45) is 0 Å². The van der Waals surface area contributed by atoms with Gasteiger partial charge >= 0.3 is 0 Å². The Morgan fingerprint density at radius 2 is 1.60 bits per heavy atom. The summed E-state index contributed by atoms with van der Waals surface area (Å²) in [5, 5.41) is 8.49. The van der Waals surface area contributed by atoms with Crippen LogP contribution >= 0.6 is 0 Å². The number of nitrogens with one attached hydrogen (secondary N) is 1. The van der Waals surface area contributed by atoms with Gasteiger partial charge in [-0.05, 0) is 41.7 Å². The molecule has 0 unspecified atom stereocenters. The van der Waals surface area contributed by atoms with E-state index >= 15 is 0 Å². The summed E-state index contributed by atoms with van der Waals surface area (Å²) < 4.78 is 0. The summed E-state index contributed by atoms with van der Waals surface area (Å²) in [6, 6.07) is 14.1. The Labute approximate surface area is 130 Å². The zero-order chi connectivity index (χ0) is 13.8. The van der Waals surface area contributed by atoms with Crippen molar-refractivity contribution in [3.63, 3.8) is 0 Å². The third kappa shape index (κ3) is 3.97. The maximum Gasteiger partial charge on any atom is 0.247 e. The van der Waals surface area contributed by atoms with E-state index in [0.29, 0.717) is 0 Å². The van der Waals surface area contributed by atoms with Crippen LogP contribution in [0.5, 0.6) is 0 Å². The maximum atomic E-state index is 11.1. The fraction of sp³-hybridized carbons (Fsp3) is 0.188. The van der Waals surface area contributed by atoms with E-state index in [1.807, 2.05) is 24.3 Å². The number of aryl methyl sites for hydroxylation is 2. The first-order valence-electron chi connectivity index (χ1n) is 6.19. The van der Waals surface area contributed by atoms with Crippen molar-refractivity contribution in [2.45, 2.75) is 20.3 Å². The van der Waals surface area contributed by atoms with Gasteiger partial charge in [-0.25, -0.2) is 5.48 Å². The minimum atomic E-state index is -0.404. The molecule has 0 spiro atoms. The largest absolute Gasteiger partial charge is 0.289 e. The van der Waals surface area contributed by atoms with E-state index in [1.165, 1.54) is 16.7 Å². The van der Waals surface area contributed by atoms with Crippen LogP contribution in [0, 0.1) is 13.8 Å². The van der Waals surface area contributed by atoms with Crippen LogP contribution in [0.4, 0.5) is 0 Å². The van der Waals surface area contributed by atoms with Crippen molar-refractivity contribution in [1.29, 1.82) is 0 Å². The van der Waals surface area contributed by atoms with Gasteiger partial charge < -0.3 is 0 Å². The smallest absolute Gasteiger partial charge is 0.247 e. The number of amides is 1. The summed E-state index contributed by atoms with van der Waals surface area (Å²) in [6.07, 6.45) is 0.184. The van der Waals surface area contributed by atoms with Gasteiger partial charge in [0.15, 0.2) is 0 Å². The van der Waals surface area contributed by atoms with Crippen molar-refractivity contribution >= 4 is 5.91 Å². The SMILES string of the molecule is Cc1ccc(-c2ccc(CC(=O)NO)cc2)cc1C.[V]. The minimum absolute atomic E-state index is 0. The normalized spacial score (nSPS) is 9.75. The second-order valence-electron chi connectivity index (χ2n) is 4.71. The van der Waals surface area contributed by atoms with E-state index in [4.69, 9.17) is 5.21 Å². The van der Waals surface area contributed by atoms with Crippen molar-refractivity contribution in [3.8, 4) is 11.1 Å². The zero-order valence-electron chi connectivity index (χ0n) is 11.6. The van der Waals surface area contributed by atoms with Gasteiger partial charge in [-0.3, -0.25) is 10.0 Å². The van der Waals surface area contributed by atoms with Crippen LogP contribution < -0.4 is 5.48 Å². The number of hydroxylamine groups is 1. The Hall–Kier alpha value is -1.55. The molecule has 0 fully saturated rings. The number of hydrogen-bond acceptors (Lipinski definition) is 2. The second kappa shape index (κ2) is 7.29. The van der Waals surface area contributed by atoms with Crippen LogP contribution in [0.1, 0.15) is 16.7 Å². The molecular weight excluding hydrogens is 289 g/mol. The van der Waals surface area contributed by atoms with Gasteiger partial charge in [0.05, 0.1) is 6.42 Å². The molecule has 0 saturated heterocycles. The molecule has 0 bridgehead atoms. The Kier molecular flexibility index (Phi) is 6.02. The zero-order valence-corrected chi connectivity index (χ0v) is 12.9. The molecule has 2 N–H and O–H groups in total. The van der Waals surface area contributed by atoms with Gasteiger partial charge in [0.1, 0.15) is 0 Å². The van der Waals surface area contributed by atoms with Gasteiger partial charge in [-0.1, -0.05) is 42.5 Å². The van der Waals surface area contributed by atoms with Gasteiger partial charge in [0, 0.05) is 18.6 Å². The summed E-state index contributed by atoms with van der Waals surface area (Å²) in [6.45, 7) is 4.19. The summed E-state index contributed by atoms with van der Waals surface area (Å²) in [7, 11) is 0. The third-order valence-electron chi connectivity index (χ3n) is 3.28. The predicted octanol–water partition coefficient (Wildman–Crippen LogP) is 3.02. The Bertz CT molecular complexity index is 594. The van der Waals surface area contributed by atoms with E-state index in [-0.39, 0.29) is 25.0 Å². The van der Waals surface area contributed by atoms with Crippen LogP contribution in [-0.2, 0) is 29.8 Å². The topological polar surface area (TPSA) is 49.3 Å². The van der Waals surface area contributed by atoms with Crippen LogP contribution in [0.2, 0.25) is 0 Å². The number of carbonyl (C=O) groups is 1. The molecule has 2 aromatic carbocycles. The van der Waals surface area contributed by atoms with E-state index < -0.39 is 5.91 Å². The van der Waals surface area contributed by atoms with Crippen LogP contribution in [0.3, 0.4) is 0 Å². The standard InChI is InChI=1S/C16H17NO2.V/c1-11-3-6-15(9-12(11)2)14-7-4-13(5-8-14)10-16(18)17-19;/h3-9,19H,10H2,1-2H3,(H,17,18);. The summed E-state index contributed by atoms with van der Waals surface area (Å²) >= 11 is 0. The van der Waals surface area contributed by atoms with Crippen LogP contribution in [0.25, 0.3) is 11.1 Å². The number of hydrogen-bond donors (Lipinski definition) is 2. The molecule has 20 heavy (non-hydrogen) atoms. The van der Waals surface area contributed by atoms with Crippen LogP contribution in [-0.4, -0.2) is 11.1 Å². The molecule has 0 aliphatic rings. The molecular formula is C16H17NO2V. The number of rotatable bonds is 3. The van der Waals surface area contributed by atoms with Gasteiger partial charge in [0.2, 0.25) is 5.91 Å². The molecule has 4 heteroatoms. The van der Waals surface area contributed by atoms with E-state index in [1.54, 1.807) is 5.48 Å². The average Bonchev–Trinajstić information content (AvgIpc) is 2.42. The molecule has 3 nitrogen and oxygen atoms in total. The molecule has 0 aromatic heterocycles. The Morgan fingerprint density at radius 1 is 1.00 bits per heavy atom. The summed E-state index contributed by atoms with van der Waals surface area (Å²) in [5.41, 5.74) is 7.34. The first kappa shape index (κ1) is 16.5. The van der Waals surface area contributed by atoms with Gasteiger partial charge in [-0.15, -0.1) is 0 Å². The molecule has 2 aromatic rings. The quantitative estimate of drug-likeness (QED) is 0.676. The molecule has 0 aliphatic heterocycles. The number of benzene rings is 2. The Balaban J connectivity index is 0.00000200. The fourth-order valence-corrected chi connectivity index (χ4v) is 1.96. The molecule has 1 amide bonds. The van der Waals surface area contributed by atoms with Crippen molar-refractivity contribution in [1.82, 2.24) is 5.48 Å². The maximum absolute atomic E-state index is 11.1. The molecule has 0 heterocycles. The molecule has 0 atom stereocenters. The molecule has 0 aliphatic carbocycles. The molecule has 103 valence electrons. The van der Waals surface area contributed by atoms with Crippen molar-refractivity contribution < 1.29 is 28.6 Å². The van der Waals surface area contributed by atoms with E-state index in [9.17, 15) is 4.79 Å². The van der Waals surface area contributed by atoms with Crippen molar-refractivity contribution in [3.05, 3.63) is 59.2 Å². The third-order valence-corrected chi connectivity index (χ3v) is 3.28. The van der Waals surface area contributed by atoms with E-state index in [2.05, 4.69) is 32.0 Å². The molecule has 0 saturated carbocycles. The predicted molar refractivity (Wildman–Crippen MR) is 75.0 cm³/mol. The van der Waals surface area contributed by atoms with Gasteiger partial charge in [-0.2, -0.15) is 0 Å². The van der Waals surface area contributed by atoms with E-state index in [0.717, 1.165) is 11.1 Å². The minimum Gasteiger partial charge on any atom is -0.289 e. The second-order valence-corrected chi connectivity index (χ2v) is 4.71. The van der Waals surface area contributed by atoms with Crippen molar-refractivity contribution in [2.75, 3.05) is 0 Å². The molecule has 2 rings (SSSR count). The Morgan fingerprint density at radius 3 is 2.15 bits per heavy atom.